The third-order valence-corrected chi connectivity index (χ3v) is 3.84. The first-order chi connectivity index (χ1) is 9.63. The highest BCUT2D eigenvalue weighted by Gasteiger charge is 2.12. The number of nitrogens with zero attached hydrogens (tertiary/aromatic N) is 1. The molecule has 106 valence electrons. The summed E-state index contributed by atoms with van der Waals surface area (Å²) in [6.07, 6.45) is 2.41. The number of halogens is 2. The average Bonchev–Trinajstić information content (AvgIpc) is 2.45. The quantitative estimate of drug-likeness (QED) is 0.490. The Bertz CT molecular complexity index is 594. The minimum absolute atomic E-state index is 0.0317. The third kappa shape index (κ3) is 3.70. The van der Waals surface area contributed by atoms with Crippen LogP contribution < -0.4 is 16.0 Å². The van der Waals surface area contributed by atoms with E-state index in [0.29, 0.717) is 5.15 Å². The van der Waals surface area contributed by atoms with Crippen LogP contribution in [0, 0.1) is 0 Å². The van der Waals surface area contributed by atoms with Crippen molar-refractivity contribution in [2.45, 2.75) is 12.5 Å². The van der Waals surface area contributed by atoms with Crippen molar-refractivity contribution in [1.29, 1.82) is 0 Å². The van der Waals surface area contributed by atoms with E-state index >= 15 is 0 Å². The molecule has 0 bridgehead atoms. The van der Waals surface area contributed by atoms with Gasteiger partial charge in [-0.2, -0.15) is 0 Å². The molecule has 2 aromatic rings. The second-order valence-corrected chi connectivity index (χ2v) is 5.55. The topological polar surface area (TPSA) is 60.2 Å². The van der Waals surface area contributed by atoms with E-state index in [9.17, 15) is 0 Å². The summed E-state index contributed by atoms with van der Waals surface area (Å²) in [4.78, 5) is 3.97. The molecule has 0 aliphatic carbocycles. The van der Waals surface area contributed by atoms with Crippen LogP contribution in [0.1, 0.15) is 17.2 Å². The Labute approximate surface area is 131 Å². The molecule has 20 heavy (non-hydrogen) atoms. The van der Waals surface area contributed by atoms with E-state index < -0.39 is 0 Å². The number of rotatable bonds is 5. The van der Waals surface area contributed by atoms with Crippen molar-refractivity contribution in [2.24, 2.45) is 5.84 Å². The van der Waals surface area contributed by atoms with Gasteiger partial charge < -0.3 is 4.74 Å². The number of hydrogen-bond donors (Lipinski definition) is 2. The summed E-state index contributed by atoms with van der Waals surface area (Å²) in [6, 6.07) is 9.63. The van der Waals surface area contributed by atoms with E-state index in [2.05, 4.69) is 26.3 Å². The van der Waals surface area contributed by atoms with Gasteiger partial charge in [0.15, 0.2) is 0 Å². The van der Waals surface area contributed by atoms with Crippen molar-refractivity contribution in [1.82, 2.24) is 10.4 Å². The Hall–Kier alpha value is -1.14. The van der Waals surface area contributed by atoms with Crippen LogP contribution in [0.15, 0.2) is 41.0 Å². The van der Waals surface area contributed by atoms with Gasteiger partial charge in [-0.1, -0.05) is 17.7 Å². The number of aromatic nitrogens is 1. The Balaban J connectivity index is 2.20. The summed E-state index contributed by atoms with van der Waals surface area (Å²) in [7, 11) is 1.64. The van der Waals surface area contributed by atoms with Crippen LogP contribution in [-0.4, -0.2) is 12.1 Å². The molecule has 1 aromatic carbocycles. The molecule has 6 heteroatoms. The van der Waals surface area contributed by atoms with Crippen molar-refractivity contribution in [3.63, 3.8) is 0 Å². The molecule has 0 spiro atoms. The van der Waals surface area contributed by atoms with Gasteiger partial charge >= 0.3 is 0 Å². The number of methoxy groups -OCH3 is 1. The Morgan fingerprint density at radius 2 is 2.20 bits per heavy atom. The monoisotopic (exact) mass is 355 g/mol. The van der Waals surface area contributed by atoms with Crippen LogP contribution in [0.5, 0.6) is 5.75 Å². The summed E-state index contributed by atoms with van der Waals surface area (Å²) >= 11 is 9.39. The first-order valence-corrected chi connectivity index (χ1v) is 7.21. The maximum atomic E-state index is 5.91. The predicted molar refractivity (Wildman–Crippen MR) is 83.7 cm³/mol. The van der Waals surface area contributed by atoms with Crippen LogP contribution in [0.2, 0.25) is 5.15 Å². The van der Waals surface area contributed by atoms with Gasteiger partial charge in [0.25, 0.3) is 0 Å². The van der Waals surface area contributed by atoms with E-state index in [1.54, 1.807) is 13.3 Å². The molecule has 1 atom stereocenters. The van der Waals surface area contributed by atoms with Gasteiger partial charge in [0, 0.05) is 6.20 Å². The number of ether oxygens (including phenoxy) is 1. The number of nitrogens with one attached hydrogen (secondary N) is 1. The minimum Gasteiger partial charge on any atom is -0.496 e. The molecule has 0 aliphatic rings. The first kappa shape index (κ1) is 15.3. The van der Waals surface area contributed by atoms with Crippen molar-refractivity contribution in [3.8, 4) is 5.75 Å². The lowest BCUT2D eigenvalue weighted by atomic mass is 10.0. The lowest BCUT2D eigenvalue weighted by Crippen LogP contribution is -2.29. The van der Waals surface area contributed by atoms with Crippen LogP contribution in [0.4, 0.5) is 0 Å². The molecular formula is C14H15BrClN3O. The minimum atomic E-state index is -0.0317. The largest absolute Gasteiger partial charge is 0.496 e. The molecule has 0 fully saturated rings. The van der Waals surface area contributed by atoms with Crippen molar-refractivity contribution in [3.05, 3.63) is 57.3 Å². The summed E-state index contributed by atoms with van der Waals surface area (Å²) in [5, 5.41) is 0.457. The Morgan fingerprint density at radius 1 is 1.40 bits per heavy atom. The number of hydrogen-bond acceptors (Lipinski definition) is 4. The standard InChI is InChI=1S/C14H15BrClN3O/c1-20-13-3-2-9(6-11(13)15)7-12(19-17)10-4-5-18-14(16)8-10/h2-6,8,12,19H,7,17H2,1H3. The van der Waals surface area contributed by atoms with Gasteiger partial charge in [-0.25, -0.2) is 4.98 Å². The number of nitrogens with two attached hydrogens (primary N) is 1. The molecule has 1 aromatic heterocycles. The molecule has 0 saturated carbocycles. The highest BCUT2D eigenvalue weighted by atomic mass is 79.9. The van der Waals surface area contributed by atoms with Crippen LogP contribution in [0.3, 0.4) is 0 Å². The van der Waals surface area contributed by atoms with Gasteiger partial charge in [-0.15, -0.1) is 0 Å². The smallest absolute Gasteiger partial charge is 0.133 e. The van der Waals surface area contributed by atoms with Gasteiger partial charge in [0.1, 0.15) is 10.9 Å². The molecule has 0 radical (unpaired) electrons. The summed E-state index contributed by atoms with van der Waals surface area (Å²) in [5.74, 6) is 6.45. The molecule has 1 unspecified atom stereocenters. The molecule has 0 saturated heterocycles. The van der Waals surface area contributed by atoms with Crippen molar-refractivity contribution >= 4 is 27.5 Å². The second kappa shape index (κ2) is 7.04. The molecule has 1 heterocycles. The SMILES string of the molecule is COc1ccc(CC(NN)c2ccnc(Cl)c2)cc1Br. The van der Waals surface area contributed by atoms with E-state index in [1.165, 1.54) is 0 Å². The summed E-state index contributed by atoms with van der Waals surface area (Å²) in [6.45, 7) is 0. The van der Waals surface area contributed by atoms with Crippen LogP contribution >= 0.6 is 27.5 Å². The maximum Gasteiger partial charge on any atom is 0.133 e. The molecule has 3 N–H and O–H groups in total. The summed E-state index contributed by atoms with van der Waals surface area (Å²) < 4.78 is 6.14. The van der Waals surface area contributed by atoms with Gasteiger partial charge in [0.05, 0.1) is 17.6 Å². The van der Waals surface area contributed by atoms with Gasteiger partial charge in [0.2, 0.25) is 0 Å². The average molecular weight is 357 g/mol. The molecule has 2 rings (SSSR count). The molecule has 0 amide bonds. The van der Waals surface area contributed by atoms with E-state index in [-0.39, 0.29) is 6.04 Å². The molecule has 0 aliphatic heterocycles. The van der Waals surface area contributed by atoms with Crippen LogP contribution in [-0.2, 0) is 6.42 Å². The normalized spacial score (nSPS) is 12.2. The zero-order valence-electron chi connectivity index (χ0n) is 10.9. The summed E-state index contributed by atoms with van der Waals surface area (Å²) in [5.41, 5.74) is 4.94. The second-order valence-electron chi connectivity index (χ2n) is 4.30. The molecule has 4 nitrogen and oxygen atoms in total. The maximum absolute atomic E-state index is 5.91. The number of benzene rings is 1. The van der Waals surface area contributed by atoms with Gasteiger partial charge in [-0.3, -0.25) is 11.3 Å². The number of pyridine rings is 1. The predicted octanol–water partition coefficient (Wildman–Crippen LogP) is 3.25. The lowest BCUT2D eigenvalue weighted by molar-refractivity contribution is 0.412. The highest BCUT2D eigenvalue weighted by molar-refractivity contribution is 9.10. The fraction of sp³-hybridized carbons (Fsp3) is 0.214. The Morgan fingerprint density at radius 3 is 2.80 bits per heavy atom. The zero-order chi connectivity index (χ0) is 14.5. The first-order valence-electron chi connectivity index (χ1n) is 6.04. The van der Waals surface area contributed by atoms with Gasteiger partial charge in [-0.05, 0) is 57.7 Å². The Kier molecular flexibility index (Phi) is 5.37. The van der Waals surface area contributed by atoms with Crippen molar-refractivity contribution in [2.75, 3.05) is 7.11 Å². The highest BCUT2D eigenvalue weighted by Crippen LogP contribution is 2.28. The van der Waals surface area contributed by atoms with Crippen molar-refractivity contribution < 1.29 is 4.74 Å². The van der Waals surface area contributed by atoms with Crippen LogP contribution in [0.25, 0.3) is 0 Å². The fourth-order valence-corrected chi connectivity index (χ4v) is 2.75. The molecular weight excluding hydrogens is 342 g/mol. The van der Waals surface area contributed by atoms with E-state index in [4.69, 9.17) is 22.2 Å². The fourth-order valence-electron chi connectivity index (χ4n) is 1.98. The zero-order valence-corrected chi connectivity index (χ0v) is 13.3. The lowest BCUT2D eigenvalue weighted by Gasteiger charge is -2.17. The third-order valence-electron chi connectivity index (χ3n) is 3.01. The van der Waals surface area contributed by atoms with E-state index in [0.717, 1.165) is 27.8 Å². The van der Waals surface area contributed by atoms with E-state index in [1.807, 2.05) is 30.3 Å². The number of hydrazine groups is 1.